The topological polar surface area (TPSA) is 200 Å². The van der Waals surface area contributed by atoms with Gasteiger partial charge in [0.2, 0.25) is 23.6 Å². The van der Waals surface area contributed by atoms with Gasteiger partial charge in [-0.1, -0.05) is 47.5 Å². The monoisotopic (exact) mass is 832 g/mol. The molecule has 4 N–H and O–H groups in total. The molecular weight excluding hydrogens is 799 g/mol. The minimum atomic E-state index is -0.921. The number of methoxy groups -OCH3 is 2. The molecule has 0 aliphatic carbocycles. The molecule has 15 nitrogen and oxygen atoms in total. The van der Waals surface area contributed by atoms with Crippen LogP contribution in [0, 0.1) is 0 Å². The fraction of sp³-hybridized carbons (Fsp3) is 0.143. The van der Waals surface area contributed by atoms with Gasteiger partial charge < -0.3 is 35.2 Å². The first-order valence-corrected chi connectivity index (χ1v) is 18.7. The van der Waals surface area contributed by atoms with Crippen LogP contribution in [0.5, 0.6) is 11.5 Å². The molecule has 3 heterocycles. The Morgan fingerprint density at radius 3 is 1.34 bits per heavy atom. The normalized spacial score (nSPS) is 12.0. The summed E-state index contributed by atoms with van der Waals surface area (Å²) in [4.78, 5) is 60.8. The van der Waals surface area contributed by atoms with E-state index in [0.29, 0.717) is 55.5 Å². The zero-order chi connectivity index (χ0) is 41.8. The van der Waals surface area contributed by atoms with E-state index in [4.69, 9.17) is 37.1 Å². The average Bonchev–Trinajstić information content (AvgIpc) is 3.73. The van der Waals surface area contributed by atoms with Crippen LogP contribution in [-0.2, 0) is 9.59 Å². The number of fused-ring (bicyclic) bond motifs is 2. The summed E-state index contributed by atoms with van der Waals surface area (Å²) in [5.41, 5.74) is 2.26. The molecular formula is C42H34Cl2N8O7. The number of nitrogens with zero attached hydrogens (tertiary/aromatic N) is 4. The lowest BCUT2D eigenvalue weighted by atomic mass is 10.1. The number of nitrogens with one attached hydrogen (secondary N) is 4. The summed E-state index contributed by atoms with van der Waals surface area (Å²) in [5.74, 6) is -0.531. The summed E-state index contributed by atoms with van der Waals surface area (Å²) in [6.07, 6.45) is 0. The highest BCUT2D eigenvalue weighted by atomic mass is 35.5. The van der Waals surface area contributed by atoms with Gasteiger partial charge in [-0.25, -0.2) is 9.97 Å². The quantitative estimate of drug-likeness (QED) is 0.0899. The van der Waals surface area contributed by atoms with Crippen molar-refractivity contribution in [3.8, 4) is 34.4 Å². The fourth-order valence-corrected chi connectivity index (χ4v) is 6.54. The zero-order valence-corrected chi connectivity index (χ0v) is 33.3. The lowest BCUT2D eigenvalue weighted by Crippen LogP contribution is -2.42. The molecule has 0 saturated heterocycles. The highest BCUT2D eigenvalue weighted by Crippen LogP contribution is 2.31. The molecule has 2 atom stereocenters. The van der Waals surface area contributed by atoms with Crippen molar-refractivity contribution < 1.29 is 33.1 Å². The number of carbonyl (C=O) groups excluding carboxylic acids is 4. The molecule has 59 heavy (non-hydrogen) atoms. The molecule has 7 rings (SSSR count). The van der Waals surface area contributed by atoms with E-state index in [1.54, 1.807) is 111 Å². The number of ether oxygens (including phenoxy) is 2. The molecule has 0 unspecified atom stereocenters. The number of halogens is 2. The van der Waals surface area contributed by atoms with Crippen molar-refractivity contribution in [1.29, 1.82) is 0 Å². The number of hydrogen-bond donors (Lipinski definition) is 4. The molecule has 0 aliphatic rings. The third kappa shape index (κ3) is 8.76. The number of aromatic nitrogens is 4. The molecule has 0 saturated carbocycles. The molecule has 0 bridgehead atoms. The maximum Gasteiger partial charge on any atom is 0.271 e. The van der Waals surface area contributed by atoms with E-state index in [1.165, 1.54) is 14.2 Å². The lowest BCUT2D eigenvalue weighted by molar-refractivity contribution is -0.118. The number of rotatable bonds is 12. The van der Waals surface area contributed by atoms with Crippen LogP contribution < -0.4 is 30.7 Å². The summed E-state index contributed by atoms with van der Waals surface area (Å²) in [7, 11) is 3.03. The van der Waals surface area contributed by atoms with Gasteiger partial charge in [0.15, 0.2) is 0 Å². The first-order valence-electron chi connectivity index (χ1n) is 18.0. The number of pyridine rings is 2. The first-order chi connectivity index (χ1) is 28.4. The van der Waals surface area contributed by atoms with Gasteiger partial charge in [-0.15, -0.1) is 10.2 Å². The second-order valence-corrected chi connectivity index (χ2v) is 13.9. The second-order valence-electron chi connectivity index (χ2n) is 13.1. The maximum absolute atomic E-state index is 13.2. The van der Waals surface area contributed by atoms with E-state index in [0.717, 1.165) is 0 Å². The van der Waals surface area contributed by atoms with Gasteiger partial charge in [0.1, 0.15) is 45.3 Å². The summed E-state index contributed by atoms with van der Waals surface area (Å²) in [6.45, 7) is 3.10. The van der Waals surface area contributed by atoms with Crippen molar-refractivity contribution in [1.82, 2.24) is 30.8 Å². The highest BCUT2D eigenvalue weighted by molar-refractivity contribution is 6.31. The minimum absolute atomic E-state index is 0.0642. The maximum atomic E-state index is 13.2. The van der Waals surface area contributed by atoms with Crippen LogP contribution in [0.4, 0.5) is 11.4 Å². The van der Waals surface area contributed by atoms with Crippen molar-refractivity contribution in [2.75, 3.05) is 24.9 Å². The number of amides is 4. The molecule has 298 valence electrons. The van der Waals surface area contributed by atoms with Crippen molar-refractivity contribution >= 4 is 79.8 Å². The van der Waals surface area contributed by atoms with Crippen molar-refractivity contribution in [2.24, 2.45) is 0 Å². The largest absolute Gasteiger partial charge is 0.496 e. The Kier molecular flexibility index (Phi) is 11.7. The van der Waals surface area contributed by atoms with Crippen molar-refractivity contribution in [2.45, 2.75) is 25.9 Å². The third-order valence-electron chi connectivity index (χ3n) is 9.18. The molecule has 4 amide bonds. The standard InChI is InChI=1S/C42H34Cl2N8O7/c1-21(45-39(55)35-27-7-5-9-31(57-3)29(27)19-33(43)49-35)37(53)47-25-15-11-23(12-16-25)41-51-52-42(59-41)24-13-17-26(18-14-24)48-38(54)22(2)46-40(56)36-28-8-6-10-32(58-4)30(28)20-34(44)50-36/h5-22H,1-4H3,(H,45,55)(H,46,56)(H,47,53)(H,48,54)/t21-,22-/m0/s1. The smallest absolute Gasteiger partial charge is 0.271 e. The van der Waals surface area contributed by atoms with Gasteiger partial charge in [-0.05, 0) is 86.6 Å². The Labute approximate surface area is 346 Å². The number of benzene rings is 4. The zero-order valence-electron chi connectivity index (χ0n) is 31.8. The van der Waals surface area contributed by atoms with E-state index in [1.807, 2.05) is 0 Å². The molecule has 4 aromatic carbocycles. The summed E-state index contributed by atoms with van der Waals surface area (Å²) >= 11 is 12.4. The third-order valence-corrected chi connectivity index (χ3v) is 9.57. The van der Waals surface area contributed by atoms with E-state index < -0.39 is 35.7 Å². The number of carbonyl (C=O) groups is 4. The predicted molar refractivity (Wildman–Crippen MR) is 223 cm³/mol. The van der Waals surface area contributed by atoms with Gasteiger partial charge in [-0.2, -0.15) is 0 Å². The predicted octanol–water partition coefficient (Wildman–Crippen LogP) is 7.34. The van der Waals surface area contributed by atoms with E-state index in [2.05, 4.69) is 41.4 Å². The van der Waals surface area contributed by atoms with Crippen LogP contribution in [0.3, 0.4) is 0 Å². The molecule has 3 aromatic heterocycles. The minimum Gasteiger partial charge on any atom is -0.496 e. The first kappa shape index (κ1) is 40.1. The Bertz CT molecular complexity index is 2560. The molecule has 0 aliphatic heterocycles. The van der Waals surface area contributed by atoms with E-state index in [-0.39, 0.29) is 33.5 Å². The van der Waals surface area contributed by atoms with Gasteiger partial charge >= 0.3 is 0 Å². The second kappa shape index (κ2) is 17.2. The Balaban J connectivity index is 0.933. The van der Waals surface area contributed by atoms with Crippen LogP contribution >= 0.6 is 23.2 Å². The SMILES string of the molecule is COc1cccc2c(C(=O)N[C@@H](C)C(=O)Nc3ccc(-c4nnc(-c5ccc(NC(=O)[C@H](C)NC(=O)c6nc(Cl)cc7c(OC)cccc67)cc5)o4)cc3)nc(Cl)cc12. The van der Waals surface area contributed by atoms with E-state index in [9.17, 15) is 19.2 Å². The van der Waals surface area contributed by atoms with Crippen molar-refractivity contribution in [3.63, 3.8) is 0 Å². The average molecular weight is 834 g/mol. The molecule has 17 heteroatoms. The fourth-order valence-electron chi connectivity index (χ4n) is 6.15. The van der Waals surface area contributed by atoms with Gasteiger partial charge in [0.05, 0.1) is 14.2 Å². The molecule has 0 radical (unpaired) electrons. The Hall–Kier alpha value is -7.10. The number of anilines is 2. The Morgan fingerprint density at radius 2 is 0.966 bits per heavy atom. The van der Waals surface area contributed by atoms with Gasteiger partial charge in [0.25, 0.3) is 11.8 Å². The Morgan fingerprint density at radius 1 is 0.576 bits per heavy atom. The van der Waals surface area contributed by atoms with Crippen molar-refractivity contribution in [3.05, 3.63) is 119 Å². The van der Waals surface area contributed by atoms with Gasteiger partial charge in [0, 0.05) is 44.0 Å². The molecule has 7 aromatic rings. The molecule has 0 fully saturated rings. The van der Waals surface area contributed by atoms with Crippen LogP contribution in [0.15, 0.2) is 101 Å². The summed E-state index contributed by atoms with van der Waals surface area (Å²) in [6, 6.07) is 25.2. The number of hydrogen-bond acceptors (Lipinski definition) is 11. The van der Waals surface area contributed by atoms with Crippen LogP contribution in [0.2, 0.25) is 10.3 Å². The highest BCUT2D eigenvalue weighted by Gasteiger charge is 2.23. The van der Waals surface area contributed by atoms with Crippen LogP contribution in [0.1, 0.15) is 34.8 Å². The summed E-state index contributed by atoms with van der Waals surface area (Å²) in [5, 5.41) is 21.7. The van der Waals surface area contributed by atoms with Crippen LogP contribution in [0.25, 0.3) is 44.5 Å². The van der Waals surface area contributed by atoms with Crippen LogP contribution in [-0.4, -0.2) is 70.1 Å². The molecule has 0 spiro atoms. The van der Waals surface area contributed by atoms with E-state index >= 15 is 0 Å². The lowest BCUT2D eigenvalue weighted by Gasteiger charge is -2.15. The summed E-state index contributed by atoms with van der Waals surface area (Å²) < 4.78 is 16.7. The van der Waals surface area contributed by atoms with Gasteiger partial charge in [-0.3, -0.25) is 19.2 Å².